The van der Waals surface area contributed by atoms with Crippen LogP contribution in [0.2, 0.25) is 0 Å². The number of primary amides is 1. The smallest absolute Gasteiger partial charge is 0.249 e. The molecule has 31 heavy (non-hydrogen) atoms. The lowest BCUT2D eigenvalue weighted by molar-refractivity contribution is -0.130. The van der Waals surface area contributed by atoms with Gasteiger partial charge in [-0.2, -0.15) is 0 Å². The summed E-state index contributed by atoms with van der Waals surface area (Å²) < 4.78 is 27.9. The lowest BCUT2D eigenvalue weighted by Crippen LogP contribution is -2.39. The first-order valence-electron chi connectivity index (χ1n) is 10.3. The number of thioether (sulfide) groups is 1. The van der Waals surface area contributed by atoms with E-state index in [1.54, 1.807) is 18.0 Å². The third kappa shape index (κ3) is 5.13. The van der Waals surface area contributed by atoms with E-state index in [4.69, 9.17) is 5.73 Å². The molecule has 1 amide bonds. The van der Waals surface area contributed by atoms with Crippen molar-refractivity contribution in [3.63, 3.8) is 0 Å². The molecule has 1 fully saturated rings. The summed E-state index contributed by atoms with van der Waals surface area (Å²) >= 11 is 1.71. The number of hydrogen-bond acceptors (Lipinski definition) is 3. The molecule has 0 spiro atoms. The molecule has 2 N–H and O–H groups in total. The fourth-order valence-electron chi connectivity index (χ4n) is 4.26. The number of pyridine rings is 1. The van der Waals surface area contributed by atoms with Gasteiger partial charge >= 0.3 is 0 Å². The maximum absolute atomic E-state index is 14.0. The SMILES string of the molecule is NC(=O)C1CC(F)(F)CCC1c1ccccc1-c1ccc(SCc2ccccn2)cc1. The highest BCUT2D eigenvalue weighted by molar-refractivity contribution is 7.98. The standard InChI is InChI=1S/C25H24F2N2OS/c26-25(27)13-12-22(23(15-25)24(28)30)21-7-2-1-6-20(21)17-8-10-19(11-9-17)31-16-18-5-3-4-14-29-18/h1-11,14,22-23H,12-13,15-16H2,(H2,28,30). The second kappa shape index (κ2) is 9.18. The number of rotatable bonds is 6. The van der Waals surface area contributed by atoms with Crippen LogP contribution in [0.1, 0.15) is 36.4 Å². The van der Waals surface area contributed by atoms with Gasteiger partial charge in [-0.1, -0.05) is 42.5 Å². The molecule has 1 aliphatic rings. The minimum Gasteiger partial charge on any atom is -0.369 e. The number of halogens is 2. The summed E-state index contributed by atoms with van der Waals surface area (Å²) in [5.74, 6) is -3.87. The van der Waals surface area contributed by atoms with Crippen LogP contribution in [0.15, 0.2) is 77.8 Å². The number of carbonyl (C=O) groups excluding carboxylic acids is 1. The van der Waals surface area contributed by atoms with Crippen LogP contribution in [-0.4, -0.2) is 16.8 Å². The number of nitrogens with two attached hydrogens (primary N) is 1. The molecular formula is C25H24F2N2OS. The van der Waals surface area contributed by atoms with Crippen molar-refractivity contribution >= 4 is 17.7 Å². The Morgan fingerprint density at radius 1 is 1.06 bits per heavy atom. The van der Waals surface area contributed by atoms with Gasteiger partial charge in [0.15, 0.2) is 0 Å². The van der Waals surface area contributed by atoms with Gasteiger partial charge in [-0.3, -0.25) is 9.78 Å². The van der Waals surface area contributed by atoms with E-state index in [2.05, 4.69) is 17.1 Å². The molecule has 0 aliphatic heterocycles. The minimum atomic E-state index is -2.84. The Kier molecular flexibility index (Phi) is 6.37. The highest BCUT2D eigenvalue weighted by Gasteiger charge is 2.44. The number of nitrogens with zero attached hydrogens (tertiary/aromatic N) is 1. The zero-order chi connectivity index (χ0) is 21.8. The van der Waals surface area contributed by atoms with Crippen molar-refractivity contribution in [2.24, 2.45) is 11.7 Å². The molecule has 2 atom stereocenters. The molecule has 3 aromatic rings. The molecule has 1 aromatic heterocycles. The highest BCUT2D eigenvalue weighted by Crippen LogP contribution is 2.47. The van der Waals surface area contributed by atoms with Crippen LogP contribution in [0, 0.1) is 5.92 Å². The molecule has 0 bridgehead atoms. The summed E-state index contributed by atoms with van der Waals surface area (Å²) in [6.07, 6.45) is 1.33. The number of aromatic nitrogens is 1. The molecule has 0 saturated heterocycles. The highest BCUT2D eigenvalue weighted by atomic mass is 32.2. The lowest BCUT2D eigenvalue weighted by Gasteiger charge is -2.35. The zero-order valence-corrected chi connectivity index (χ0v) is 17.8. The first kappa shape index (κ1) is 21.5. The van der Waals surface area contributed by atoms with E-state index >= 15 is 0 Å². The van der Waals surface area contributed by atoms with E-state index in [1.165, 1.54) is 0 Å². The van der Waals surface area contributed by atoms with E-state index in [0.717, 1.165) is 33.0 Å². The van der Waals surface area contributed by atoms with Gasteiger partial charge < -0.3 is 5.73 Å². The van der Waals surface area contributed by atoms with E-state index in [1.807, 2.05) is 54.6 Å². The largest absolute Gasteiger partial charge is 0.369 e. The van der Waals surface area contributed by atoms with Gasteiger partial charge in [-0.05, 0) is 53.3 Å². The second-order valence-electron chi connectivity index (χ2n) is 7.94. The van der Waals surface area contributed by atoms with Gasteiger partial charge in [0.2, 0.25) is 11.8 Å². The third-order valence-electron chi connectivity index (χ3n) is 5.83. The topological polar surface area (TPSA) is 56.0 Å². The van der Waals surface area contributed by atoms with Crippen LogP contribution in [0.4, 0.5) is 8.78 Å². The summed E-state index contributed by atoms with van der Waals surface area (Å²) in [5.41, 5.74) is 9.42. The molecule has 2 unspecified atom stereocenters. The number of amides is 1. The summed E-state index contributed by atoms with van der Waals surface area (Å²) in [7, 11) is 0. The monoisotopic (exact) mass is 438 g/mol. The first-order valence-corrected chi connectivity index (χ1v) is 11.3. The van der Waals surface area contributed by atoms with Gasteiger partial charge in [-0.25, -0.2) is 8.78 Å². The Morgan fingerprint density at radius 3 is 2.52 bits per heavy atom. The van der Waals surface area contributed by atoms with Crippen molar-refractivity contribution < 1.29 is 13.6 Å². The molecular weight excluding hydrogens is 414 g/mol. The van der Waals surface area contributed by atoms with Crippen LogP contribution >= 0.6 is 11.8 Å². The van der Waals surface area contributed by atoms with Gasteiger partial charge in [0.05, 0.1) is 11.6 Å². The fraction of sp³-hybridized carbons (Fsp3) is 0.280. The van der Waals surface area contributed by atoms with Crippen molar-refractivity contribution in [2.45, 2.75) is 41.8 Å². The Morgan fingerprint density at radius 2 is 1.81 bits per heavy atom. The molecule has 1 saturated carbocycles. The third-order valence-corrected chi connectivity index (χ3v) is 6.87. The van der Waals surface area contributed by atoms with Crippen LogP contribution < -0.4 is 5.73 Å². The molecule has 4 rings (SSSR count). The van der Waals surface area contributed by atoms with Crippen LogP contribution in [0.3, 0.4) is 0 Å². The van der Waals surface area contributed by atoms with Crippen molar-refractivity contribution in [2.75, 3.05) is 0 Å². The second-order valence-corrected chi connectivity index (χ2v) is 8.98. The van der Waals surface area contributed by atoms with Crippen LogP contribution in [0.5, 0.6) is 0 Å². The maximum atomic E-state index is 14.0. The summed E-state index contributed by atoms with van der Waals surface area (Å²) in [4.78, 5) is 17.5. The van der Waals surface area contributed by atoms with Gasteiger partial charge in [0.1, 0.15) is 0 Å². The van der Waals surface area contributed by atoms with Gasteiger partial charge in [0.25, 0.3) is 0 Å². The Balaban J connectivity index is 1.56. The lowest BCUT2D eigenvalue weighted by atomic mass is 9.72. The minimum absolute atomic E-state index is 0.223. The van der Waals surface area contributed by atoms with E-state index in [0.29, 0.717) is 0 Å². The van der Waals surface area contributed by atoms with Gasteiger partial charge in [0, 0.05) is 29.7 Å². The quantitative estimate of drug-likeness (QED) is 0.477. The molecule has 1 heterocycles. The summed E-state index contributed by atoms with van der Waals surface area (Å²) in [6, 6.07) is 21.8. The molecule has 160 valence electrons. The number of alkyl halides is 2. The molecule has 3 nitrogen and oxygen atoms in total. The predicted octanol–water partition coefficient (Wildman–Crippen LogP) is 6.05. The van der Waals surface area contributed by atoms with Gasteiger partial charge in [-0.15, -0.1) is 11.8 Å². The van der Waals surface area contributed by atoms with Crippen LogP contribution in [0.25, 0.3) is 11.1 Å². The van der Waals surface area contributed by atoms with Crippen molar-refractivity contribution in [3.8, 4) is 11.1 Å². The molecule has 1 aliphatic carbocycles. The summed E-state index contributed by atoms with van der Waals surface area (Å²) in [6.45, 7) is 0. The number of carbonyl (C=O) groups is 1. The molecule has 6 heteroatoms. The van der Waals surface area contributed by atoms with Crippen molar-refractivity contribution in [1.29, 1.82) is 0 Å². The Hall–Kier alpha value is -2.73. The zero-order valence-electron chi connectivity index (χ0n) is 17.0. The van der Waals surface area contributed by atoms with Crippen LogP contribution in [-0.2, 0) is 10.5 Å². The first-order chi connectivity index (χ1) is 14.9. The Labute approximate surface area is 185 Å². The average molecular weight is 439 g/mol. The van der Waals surface area contributed by atoms with Crippen molar-refractivity contribution in [1.82, 2.24) is 4.98 Å². The average Bonchev–Trinajstić information content (AvgIpc) is 2.78. The maximum Gasteiger partial charge on any atom is 0.249 e. The molecule has 0 radical (unpaired) electrons. The fourth-order valence-corrected chi connectivity index (χ4v) is 5.07. The predicted molar refractivity (Wildman–Crippen MR) is 120 cm³/mol. The van der Waals surface area contributed by atoms with E-state index in [-0.39, 0.29) is 18.8 Å². The molecule has 2 aromatic carbocycles. The normalized spacial score (nSPS) is 20.3. The Bertz CT molecular complexity index is 1040. The number of hydrogen-bond donors (Lipinski definition) is 1. The summed E-state index contributed by atoms with van der Waals surface area (Å²) in [5, 5.41) is 0. The van der Waals surface area contributed by atoms with E-state index < -0.39 is 24.2 Å². The van der Waals surface area contributed by atoms with Crippen molar-refractivity contribution in [3.05, 3.63) is 84.2 Å². The number of benzene rings is 2. The van der Waals surface area contributed by atoms with E-state index in [9.17, 15) is 13.6 Å².